The lowest BCUT2D eigenvalue weighted by Crippen LogP contribution is -2.47. The summed E-state index contributed by atoms with van der Waals surface area (Å²) >= 11 is 0. The SMILES string of the molecule is O[C@@H]1CC2(CC2)[C@@H]1[C@@H]1c2ccccc2-c2cncn21. The molecule has 0 bridgehead atoms. The summed E-state index contributed by atoms with van der Waals surface area (Å²) in [5.74, 6) is 0.379. The van der Waals surface area contributed by atoms with Crippen molar-refractivity contribution in [2.24, 2.45) is 11.3 Å². The summed E-state index contributed by atoms with van der Waals surface area (Å²) in [5, 5.41) is 10.3. The first kappa shape index (κ1) is 10.2. The van der Waals surface area contributed by atoms with Gasteiger partial charge in [-0.25, -0.2) is 4.98 Å². The smallest absolute Gasteiger partial charge is 0.0956 e. The van der Waals surface area contributed by atoms with Gasteiger partial charge in [0.2, 0.25) is 0 Å². The van der Waals surface area contributed by atoms with Crippen molar-refractivity contribution < 1.29 is 5.11 Å². The van der Waals surface area contributed by atoms with E-state index in [1.165, 1.54) is 29.7 Å². The zero-order valence-corrected chi connectivity index (χ0v) is 10.7. The Hall–Kier alpha value is -1.61. The van der Waals surface area contributed by atoms with Crippen molar-refractivity contribution in [2.45, 2.75) is 31.4 Å². The number of aliphatic hydroxyl groups is 1. The number of benzene rings is 1. The molecule has 2 saturated carbocycles. The van der Waals surface area contributed by atoms with E-state index in [2.05, 4.69) is 33.8 Å². The number of nitrogens with zero attached hydrogens (tertiary/aromatic N) is 2. The van der Waals surface area contributed by atoms with Crippen molar-refractivity contribution in [1.29, 1.82) is 0 Å². The van der Waals surface area contributed by atoms with Gasteiger partial charge in [-0.1, -0.05) is 24.3 Å². The van der Waals surface area contributed by atoms with Gasteiger partial charge in [-0.3, -0.25) is 0 Å². The van der Waals surface area contributed by atoms with E-state index in [9.17, 15) is 5.11 Å². The molecule has 3 heteroatoms. The van der Waals surface area contributed by atoms with E-state index in [0.717, 1.165) is 6.42 Å². The van der Waals surface area contributed by atoms with Gasteiger partial charge in [-0.2, -0.15) is 0 Å². The lowest BCUT2D eigenvalue weighted by molar-refractivity contribution is -0.0677. The molecule has 2 aliphatic carbocycles. The van der Waals surface area contributed by atoms with E-state index in [0.29, 0.717) is 17.4 Å². The Labute approximate surface area is 111 Å². The summed E-state index contributed by atoms with van der Waals surface area (Å²) in [6, 6.07) is 8.88. The topological polar surface area (TPSA) is 38.1 Å². The molecule has 5 rings (SSSR count). The number of hydrogen-bond donors (Lipinski definition) is 1. The summed E-state index contributed by atoms with van der Waals surface area (Å²) in [5.41, 5.74) is 4.30. The number of rotatable bonds is 1. The molecule has 19 heavy (non-hydrogen) atoms. The van der Waals surface area contributed by atoms with E-state index < -0.39 is 0 Å². The lowest BCUT2D eigenvalue weighted by Gasteiger charge is -2.46. The highest BCUT2D eigenvalue weighted by Gasteiger charge is 2.64. The standard InChI is InChI=1S/C16H16N2O/c19-13-7-16(5-6-16)14(13)15-11-4-2-1-3-10(11)12-8-17-9-18(12)15/h1-4,8-9,13-15,19H,5-7H2/t13-,14+,15+/m1/s1. The Bertz CT molecular complexity index is 671. The van der Waals surface area contributed by atoms with Crippen molar-refractivity contribution in [3.63, 3.8) is 0 Å². The average Bonchev–Trinajstić information content (AvgIpc) is 2.97. The Morgan fingerprint density at radius 3 is 2.89 bits per heavy atom. The first-order chi connectivity index (χ1) is 9.30. The van der Waals surface area contributed by atoms with Crippen LogP contribution in [0.2, 0.25) is 0 Å². The number of hydrogen-bond acceptors (Lipinski definition) is 2. The third-order valence-corrected chi connectivity index (χ3v) is 5.49. The van der Waals surface area contributed by atoms with Gasteiger partial charge in [-0.15, -0.1) is 0 Å². The molecular weight excluding hydrogens is 236 g/mol. The zero-order chi connectivity index (χ0) is 12.6. The van der Waals surface area contributed by atoms with Gasteiger partial charge in [-0.05, 0) is 30.2 Å². The van der Waals surface area contributed by atoms with E-state index in [1.807, 2.05) is 12.5 Å². The lowest BCUT2D eigenvalue weighted by atomic mass is 9.63. The molecule has 2 heterocycles. The van der Waals surface area contributed by atoms with Gasteiger partial charge in [0.05, 0.1) is 30.4 Å². The zero-order valence-electron chi connectivity index (χ0n) is 10.7. The molecule has 0 amide bonds. The van der Waals surface area contributed by atoms with Crippen molar-refractivity contribution in [3.8, 4) is 11.3 Å². The predicted octanol–water partition coefficient (Wildman–Crippen LogP) is 2.61. The second kappa shape index (κ2) is 3.10. The molecule has 2 aromatic rings. The average molecular weight is 252 g/mol. The Morgan fingerprint density at radius 2 is 2.11 bits per heavy atom. The third kappa shape index (κ3) is 1.11. The van der Waals surface area contributed by atoms with Crippen LogP contribution in [0.1, 0.15) is 30.9 Å². The molecule has 0 unspecified atom stereocenters. The quantitative estimate of drug-likeness (QED) is 0.847. The summed E-state index contributed by atoms with van der Waals surface area (Å²) in [6.07, 6.45) is 7.31. The van der Waals surface area contributed by atoms with Gasteiger partial charge in [0.15, 0.2) is 0 Å². The Balaban J connectivity index is 1.71. The third-order valence-electron chi connectivity index (χ3n) is 5.49. The van der Waals surface area contributed by atoms with Gasteiger partial charge >= 0.3 is 0 Å². The normalized spacial score (nSPS) is 32.8. The highest BCUT2D eigenvalue weighted by atomic mass is 16.3. The highest BCUT2D eigenvalue weighted by molar-refractivity contribution is 5.69. The van der Waals surface area contributed by atoms with E-state index in [4.69, 9.17) is 0 Å². The minimum Gasteiger partial charge on any atom is -0.393 e. The fourth-order valence-electron chi connectivity index (χ4n) is 4.41. The van der Waals surface area contributed by atoms with Crippen LogP contribution < -0.4 is 0 Å². The van der Waals surface area contributed by atoms with Gasteiger partial charge < -0.3 is 9.67 Å². The number of imidazole rings is 1. The molecule has 3 nitrogen and oxygen atoms in total. The Morgan fingerprint density at radius 1 is 1.26 bits per heavy atom. The molecule has 1 aromatic heterocycles. The molecular formula is C16H16N2O. The van der Waals surface area contributed by atoms with E-state index >= 15 is 0 Å². The van der Waals surface area contributed by atoms with Crippen LogP contribution in [0.4, 0.5) is 0 Å². The first-order valence-corrected chi connectivity index (χ1v) is 7.09. The fraction of sp³-hybridized carbons (Fsp3) is 0.438. The maximum Gasteiger partial charge on any atom is 0.0956 e. The van der Waals surface area contributed by atoms with Crippen LogP contribution in [0.3, 0.4) is 0 Å². The molecule has 3 aliphatic rings. The molecule has 1 aliphatic heterocycles. The largest absolute Gasteiger partial charge is 0.393 e. The summed E-state index contributed by atoms with van der Waals surface area (Å²) in [6.45, 7) is 0. The molecule has 0 radical (unpaired) electrons. The minimum atomic E-state index is -0.145. The highest BCUT2D eigenvalue weighted by Crippen LogP contribution is 2.69. The van der Waals surface area contributed by atoms with Crippen molar-refractivity contribution in [3.05, 3.63) is 42.4 Å². The molecule has 3 atom stereocenters. The van der Waals surface area contributed by atoms with Crippen LogP contribution in [0.5, 0.6) is 0 Å². The second-order valence-corrected chi connectivity index (χ2v) is 6.38. The van der Waals surface area contributed by atoms with Crippen LogP contribution >= 0.6 is 0 Å². The second-order valence-electron chi connectivity index (χ2n) is 6.38. The van der Waals surface area contributed by atoms with Crippen LogP contribution in [0.25, 0.3) is 11.3 Å². The predicted molar refractivity (Wildman–Crippen MR) is 71.6 cm³/mol. The maximum atomic E-state index is 10.3. The summed E-state index contributed by atoms with van der Waals surface area (Å²) < 4.78 is 2.28. The number of fused-ring (bicyclic) bond motifs is 3. The molecule has 2 fully saturated rings. The van der Waals surface area contributed by atoms with E-state index in [-0.39, 0.29) is 6.10 Å². The molecule has 1 N–H and O–H groups in total. The summed E-state index contributed by atoms with van der Waals surface area (Å²) in [7, 11) is 0. The van der Waals surface area contributed by atoms with Gasteiger partial charge in [0, 0.05) is 11.5 Å². The van der Waals surface area contributed by atoms with E-state index in [1.54, 1.807) is 0 Å². The van der Waals surface area contributed by atoms with Crippen LogP contribution in [-0.4, -0.2) is 20.8 Å². The van der Waals surface area contributed by atoms with Crippen LogP contribution in [0.15, 0.2) is 36.8 Å². The molecule has 1 spiro atoms. The van der Waals surface area contributed by atoms with Gasteiger partial charge in [0.25, 0.3) is 0 Å². The minimum absolute atomic E-state index is 0.145. The first-order valence-electron chi connectivity index (χ1n) is 7.09. The van der Waals surface area contributed by atoms with Gasteiger partial charge in [0.1, 0.15) is 0 Å². The van der Waals surface area contributed by atoms with Crippen LogP contribution in [-0.2, 0) is 0 Å². The van der Waals surface area contributed by atoms with Crippen LogP contribution in [0, 0.1) is 11.3 Å². The molecule has 1 aromatic carbocycles. The summed E-state index contributed by atoms with van der Waals surface area (Å²) in [4.78, 5) is 4.31. The fourth-order valence-corrected chi connectivity index (χ4v) is 4.41. The monoisotopic (exact) mass is 252 g/mol. The van der Waals surface area contributed by atoms with Crippen molar-refractivity contribution >= 4 is 0 Å². The molecule has 96 valence electrons. The number of aromatic nitrogens is 2. The number of aliphatic hydroxyl groups excluding tert-OH is 1. The maximum absolute atomic E-state index is 10.3. The Kier molecular flexibility index (Phi) is 1.67. The van der Waals surface area contributed by atoms with Crippen molar-refractivity contribution in [1.82, 2.24) is 9.55 Å². The van der Waals surface area contributed by atoms with Crippen molar-refractivity contribution in [2.75, 3.05) is 0 Å². The molecule has 0 saturated heterocycles.